The molecule has 0 bridgehead atoms. The Bertz CT molecular complexity index is 768. The number of nitrogens with two attached hydrogens (primary N) is 2. The first-order chi connectivity index (χ1) is 11.2. The smallest absolute Gasteiger partial charge is 0.119 e. The topological polar surface area (TPSA) is 61.3 Å². The molecule has 3 aromatic carbocycles. The molecule has 0 saturated heterocycles. The van der Waals surface area contributed by atoms with E-state index in [0.717, 1.165) is 17.7 Å². The third-order valence-corrected chi connectivity index (χ3v) is 3.94. The van der Waals surface area contributed by atoms with Crippen molar-refractivity contribution in [2.24, 2.45) is 11.5 Å². The largest absolute Gasteiger partial charge is 0.489 e. The van der Waals surface area contributed by atoms with Crippen LogP contribution in [0.2, 0.25) is 0 Å². The summed E-state index contributed by atoms with van der Waals surface area (Å²) < 4.78 is 5.87. The van der Waals surface area contributed by atoms with Gasteiger partial charge >= 0.3 is 0 Å². The molecule has 3 aromatic rings. The number of rotatable bonds is 6. The molecule has 3 heteroatoms. The quantitative estimate of drug-likeness (QED) is 0.735. The molecule has 0 aliphatic carbocycles. The van der Waals surface area contributed by atoms with Crippen LogP contribution in [0, 0.1) is 0 Å². The standard InChI is InChI=1S/C20H22N2O/c21-13-19(22)12-15-6-9-20(10-7-15)23-14-16-5-8-17-3-1-2-4-18(17)11-16/h1-11,19H,12-14,21-22H2/t19-/m0/s1. The first-order valence-electron chi connectivity index (χ1n) is 7.89. The summed E-state index contributed by atoms with van der Waals surface area (Å²) in [4.78, 5) is 0. The van der Waals surface area contributed by atoms with Gasteiger partial charge in [-0.3, -0.25) is 0 Å². The summed E-state index contributed by atoms with van der Waals surface area (Å²) in [6.45, 7) is 1.06. The van der Waals surface area contributed by atoms with Crippen LogP contribution in [-0.4, -0.2) is 12.6 Å². The minimum atomic E-state index is 0.0133. The van der Waals surface area contributed by atoms with Crippen LogP contribution in [0.15, 0.2) is 66.7 Å². The third-order valence-electron chi connectivity index (χ3n) is 3.94. The summed E-state index contributed by atoms with van der Waals surface area (Å²) in [5, 5.41) is 2.48. The second-order valence-electron chi connectivity index (χ2n) is 5.81. The average Bonchev–Trinajstić information content (AvgIpc) is 2.61. The minimum Gasteiger partial charge on any atom is -0.489 e. The van der Waals surface area contributed by atoms with Crippen LogP contribution in [0.5, 0.6) is 5.75 Å². The summed E-state index contributed by atoms with van der Waals surface area (Å²) >= 11 is 0. The number of ether oxygens (including phenoxy) is 1. The van der Waals surface area contributed by atoms with E-state index in [1.165, 1.54) is 16.3 Å². The fourth-order valence-electron chi connectivity index (χ4n) is 2.60. The van der Waals surface area contributed by atoms with Crippen LogP contribution >= 0.6 is 0 Å². The lowest BCUT2D eigenvalue weighted by Gasteiger charge is -2.10. The SMILES string of the molecule is NC[C@@H](N)Cc1ccc(OCc2ccc3ccccc3c2)cc1. The van der Waals surface area contributed by atoms with Crippen molar-refractivity contribution < 1.29 is 4.74 Å². The molecule has 0 spiro atoms. The van der Waals surface area contributed by atoms with Gasteiger partial charge in [0.15, 0.2) is 0 Å². The molecule has 0 fully saturated rings. The molecule has 3 nitrogen and oxygen atoms in total. The van der Waals surface area contributed by atoms with Crippen molar-refractivity contribution in [3.8, 4) is 5.75 Å². The predicted octanol–water partition coefficient (Wildman–Crippen LogP) is 3.25. The van der Waals surface area contributed by atoms with Crippen molar-refractivity contribution in [1.29, 1.82) is 0 Å². The fraction of sp³-hybridized carbons (Fsp3) is 0.200. The summed E-state index contributed by atoms with van der Waals surface area (Å²) in [6, 6.07) is 22.8. The first kappa shape index (κ1) is 15.5. The molecule has 4 N–H and O–H groups in total. The molecule has 0 aliphatic heterocycles. The van der Waals surface area contributed by atoms with Gasteiger partial charge in [0, 0.05) is 12.6 Å². The monoisotopic (exact) mass is 306 g/mol. The van der Waals surface area contributed by atoms with Gasteiger partial charge < -0.3 is 16.2 Å². The molecular formula is C20H22N2O. The molecule has 23 heavy (non-hydrogen) atoms. The van der Waals surface area contributed by atoms with Gasteiger partial charge in [0.1, 0.15) is 12.4 Å². The van der Waals surface area contributed by atoms with E-state index in [0.29, 0.717) is 13.2 Å². The van der Waals surface area contributed by atoms with Crippen LogP contribution < -0.4 is 16.2 Å². The summed E-state index contributed by atoms with van der Waals surface area (Å²) in [6.07, 6.45) is 0.793. The van der Waals surface area contributed by atoms with E-state index in [4.69, 9.17) is 16.2 Å². The molecule has 0 aromatic heterocycles. The maximum absolute atomic E-state index is 5.87. The Morgan fingerprint density at radius 3 is 2.26 bits per heavy atom. The van der Waals surface area contributed by atoms with E-state index in [9.17, 15) is 0 Å². The first-order valence-corrected chi connectivity index (χ1v) is 7.89. The Kier molecular flexibility index (Phi) is 4.91. The fourth-order valence-corrected chi connectivity index (χ4v) is 2.60. The molecular weight excluding hydrogens is 284 g/mol. The maximum atomic E-state index is 5.87. The lowest BCUT2D eigenvalue weighted by molar-refractivity contribution is 0.306. The Balaban J connectivity index is 1.62. The Hall–Kier alpha value is -2.36. The van der Waals surface area contributed by atoms with Gasteiger partial charge in [-0.25, -0.2) is 0 Å². The second kappa shape index (κ2) is 7.27. The van der Waals surface area contributed by atoms with Crippen molar-refractivity contribution in [2.45, 2.75) is 19.1 Å². The third kappa shape index (κ3) is 4.09. The van der Waals surface area contributed by atoms with Gasteiger partial charge in [-0.1, -0.05) is 48.5 Å². The number of fused-ring (bicyclic) bond motifs is 1. The second-order valence-corrected chi connectivity index (χ2v) is 5.81. The molecule has 0 heterocycles. The van der Waals surface area contributed by atoms with Crippen molar-refractivity contribution in [3.63, 3.8) is 0 Å². The highest BCUT2D eigenvalue weighted by molar-refractivity contribution is 5.82. The highest BCUT2D eigenvalue weighted by Crippen LogP contribution is 2.18. The van der Waals surface area contributed by atoms with Gasteiger partial charge in [-0.05, 0) is 46.5 Å². The lowest BCUT2D eigenvalue weighted by Crippen LogP contribution is -2.31. The van der Waals surface area contributed by atoms with Crippen LogP contribution in [-0.2, 0) is 13.0 Å². The average molecular weight is 306 g/mol. The van der Waals surface area contributed by atoms with Gasteiger partial charge in [0.05, 0.1) is 0 Å². The molecule has 1 atom stereocenters. The van der Waals surface area contributed by atoms with Crippen molar-refractivity contribution >= 4 is 10.8 Å². The maximum Gasteiger partial charge on any atom is 0.119 e. The van der Waals surface area contributed by atoms with Crippen LogP contribution in [0.4, 0.5) is 0 Å². The van der Waals surface area contributed by atoms with E-state index in [2.05, 4.69) is 42.5 Å². The molecule has 0 radical (unpaired) electrons. The van der Waals surface area contributed by atoms with E-state index in [-0.39, 0.29) is 6.04 Å². The number of hydrogen-bond acceptors (Lipinski definition) is 3. The number of benzene rings is 3. The van der Waals surface area contributed by atoms with Gasteiger partial charge in [-0.2, -0.15) is 0 Å². The highest BCUT2D eigenvalue weighted by atomic mass is 16.5. The van der Waals surface area contributed by atoms with E-state index in [1.54, 1.807) is 0 Å². The Morgan fingerprint density at radius 2 is 1.52 bits per heavy atom. The van der Waals surface area contributed by atoms with Crippen molar-refractivity contribution in [1.82, 2.24) is 0 Å². The number of hydrogen-bond donors (Lipinski definition) is 2. The van der Waals surface area contributed by atoms with E-state index < -0.39 is 0 Å². The molecule has 0 saturated carbocycles. The molecule has 0 aliphatic rings. The highest BCUT2D eigenvalue weighted by Gasteiger charge is 2.03. The Labute approximate surface area is 136 Å². The molecule has 3 rings (SSSR count). The van der Waals surface area contributed by atoms with Gasteiger partial charge in [0.25, 0.3) is 0 Å². The van der Waals surface area contributed by atoms with Gasteiger partial charge in [-0.15, -0.1) is 0 Å². The zero-order valence-electron chi connectivity index (χ0n) is 13.1. The van der Waals surface area contributed by atoms with Crippen molar-refractivity contribution in [2.75, 3.05) is 6.54 Å². The van der Waals surface area contributed by atoms with E-state index >= 15 is 0 Å². The van der Waals surface area contributed by atoms with Crippen molar-refractivity contribution in [3.05, 3.63) is 77.9 Å². The van der Waals surface area contributed by atoms with E-state index in [1.807, 2.05) is 24.3 Å². The van der Waals surface area contributed by atoms with Crippen LogP contribution in [0.3, 0.4) is 0 Å². The molecule has 118 valence electrons. The van der Waals surface area contributed by atoms with Crippen LogP contribution in [0.25, 0.3) is 10.8 Å². The Morgan fingerprint density at radius 1 is 0.826 bits per heavy atom. The van der Waals surface area contributed by atoms with Crippen LogP contribution in [0.1, 0.15) is 11.1 Å². The zero-order valence-corrected chi connectivity index (χ0v) is 13.1. The lowest BCUT2D eigenvalue weighted by atomic mass is 10.1. The summed E-state index contributed by atoms with van der Waals surface area (Å²) in [7, 11) is 0. The summed E-state index contributed by atoms with van der Waals surface area (Å²) in [5.74, 6) is 0.864. The van der Waals surface area contributed by atoms with Gasteiger partial charge in [0.2, 0.25) is 0 Å². The minimum absolute atomic E-state index is 0.0133. The predicted molar refractivity (Wildman–Crippen MR) is 95.5 cm³/mol. The molecule has 0 unspecified atom stereocenters. The normalized spacial score (nSPS) is 12.3. The summed E-state index contributed by atoms with van der Waals surface area (Å²) in [5.41, 5.74) is 13.8. The molecule has 0 amide bonds. The zero-order chi connectivity index (χ0) is 16.1.